The number of benzene rings is 3. The SMILES string of the molecule is COc1cc([C@H]2[C@H]3C(=O)N(c4ccc(Br)cc4)C(=O)[C@H]3ON2c2ccccc2)cc(Br)c1O. The molecule has 7 nitrogen and oxygen atoms in total. The molecule has 2 aliphatic heterocycles. The standard InChI is InChI=1S/C24H18Br2N2O5/c1-32-18-12-13(11-17(26)21(18)29)20-19-22(33-28(20)16-5-3-2-4-6-16)24(31)27(23(19)30)15-9-7-14(25)8-10-15/h2-12,19-20,22,29H,1H3/t19-,20+,22+/m1/s1. The van der Waals surface area contributed by atoms with Gasteiger partial charge in [-0.2, -0.15) is 0 Å². The molecule has 0 aliphatic carbocycles. The van der Waals surface area contributed by atoms with Crippen LogP contribution in [0.3, 0.4) is 0 Å². The van der Waals surface area contributed by atoms with Crippen molar-refractivity contribution >= 4 is 55.0 Å². The van der Waals surface area contributed by atoms with Crippen LogP contribution in [0.15, 0.2) is 75.7 Å². The molecule has 2 aliphatic rings. The van der Waals surface area contributed by atoms with E-state index in [4.69, 9.17) is 9.57 Å². The molecular weight excluding hydrogens is 556 g/mol. The van der Waals surface area contributed by atoms with Crippen molar-refractivity contribution in [2.75, 3.05) is 17.1 Å². The minimum Gasteiger partial charge on any atom is -0.503 e. The largest absolute Gasteiger partial charge is 0.503 e. The molecule has 2 heterocycles. The number of rotatable bonds is 4. The number of aromatic hydroxyl groups is 1. The summed E-state index contributed by atoms with van der Waals surface area (Å²) in [6, 6.07) is 19.0. The number of phenolic OH excluding ortho intramolecular Hbond substituents is 1. The molecule has 168 valence electrons. The number of methoxy groups -OCH3 is 1. The topological polar surface area (TPSA) is 79.3 Å². The normalized spacial score (nSPS) is 22.1. The van der Waals surface area contributed by atoms with Crippen LogP contribution in [-0.4, -0.2) is 30.1 Å². The second-order valence-electron chi connectivity index (χ2n) is 7.70. The molecule has 5 rings (SSSR count). The average molecular weight is 574 g/mol. The number of imide groups is 1. The highest BCUT2D eigenvalue weighted by atomic mass is 79.9. The molecule has 0 aromatic heterocycles. The van der Waals surface area contributed by atoms with Gasteiger partial charge in [-0.3, -0.25) is 14.4 Å². The van der Waals surface area contributed by atoms with E-state index in [1.165, 1.54) is 12.0 Å². The number of halogens is 2. The Hall–Kier alpha value is -2.88. The number of hydroxylamine groups is 1. The molecule has 0 bridgehead atoms. The van der Waals surface area contributed by atoms with Crippen LogP contribution in [0.2, 0.25) is 0 Å². The molecule has 9 heteroatoms. The zero-order valence-electron chi connectivity index (χ0n) is 17.3. The Bertz CT molecular complexity index is 1240. The van der Waals surface area contributed by atoms with Gasteiger partial charge in [0.2, 0.25) is 5.91 Å². The van der Waals surface area contributed by atoms with E-state index in [0.717, 1.165) is 4.47 Å². The lowest BCUT2D eigenvalue weighted by atomic mass is 9.90. The molecule has 0 radical (unpaired) electrons. The minimum absolute atomic E-state index is 0.0479. The van der Waals surface area contributed by atoms with Crippen molar-refractivity contribution in [1.82, 2.24) is 0 Å². The molecule has 0 unspecified atom stereocenters. The van der Waals surface area contributed by atoms with E-state index in [9.17, 15) is 14.7 Å². The van der Waals surface area contributed by atoms with E-state index in [1.807, 2.05) is 30.3 Å². The van der Waals surface area contributed by atoms with E-state index < -0.39 is 24.0 Å². The summed E-state index contributed by atoms with van der Waals surface area (Å²) in [5, 5.41) is 11.9. The van der Waals surface area contributed by atoms with Gasteiger partial charge in [-0.1, -0.05) is 34.1 Å². The summed E-state index contributed by atoms with van der Waals surface area (Å²) in [5.74, 6) is -1.35. The highest BCUT2D eigenvalue weighted by Gasteiger charge is 2.60. The second-order valence-corrected chi connectivity index (χ2v) is 9.47. The van der Waals surface area contributed by atoms with Gasteiger partial charge in [-0.05, 0) is 70.0 Å². The summed E-state index contributed by atoms with van der Waals surface area (Å²) >= 11 is 6.74. The summed E-state index contributed by atoms with van der Waals surface area (Å²) in [5.41, 5.74) is 1.85. The van der Waals surface area contributed by atoms with Crippen LogP contribution in [0.25, 0.3) is 0 Å². The molecule has 3 aromatic carbocycles. The third kappa shape index (κ3) is 3.60. The van der Waals surface area contributed by atoms with Crippen molar-refractivity contribution in [3.05, 3.63) is 81.2 Å². The average Bonchev–Trinajstić information content (AvgIpc) is 3.33. The van der Waals surface area contributed by atoms with E-state index in [-0.39, 0.29) is 17.4 Å². The first-order valence-corrected chi connectivity index (χ1v) is 11.7. The zero-order chi connectivity index (χ0) is 23.3. The lowest BCUT2D eigenvalue weighted by molar-refractivity contribution is -0.126. The van der Waals surface area contributed by atoms with Crippen molar-refractivity contribution in [3.63, 3.8) is 0 Å². The quantitative estimate of drug-likeness (QED) is 0.444. The maximum absolute atomic E-state index is 13.6. The van der Waals surface area contributed by atoms with Crippen LogP contribution in [-0.2, 0) is 14.4 Å². The van der Waals surface area contributed by atoms with Gasteiger partial charge < -0.3 is 9.84 Å². The number of para-hydroxylation sites is 1. The Morgan fingerprint density at radius 2 is 1.64 bits per heavy atom. The van der Waals surface area contributed by atoms with Crippen LogP contribution >= 0.6 is 31.9 Å². The maximum Gasteiger partial charge on any atom is 0.266 e. The fraction of sp³-hybridized carbons (Fsp3) is 0.167. The Labute approximate surface area is 206 Å². The van der Waals surface area contributed by atoms with Crippen molar-refractivity contribution in [1.29, 1.82) is 0 Å². The van der Waals surface area contributed by atoms with E-state index in [1.54, 1.807) is 41.5 Å². The summed E-state index contributed by atoms with van der Waals surface area (Å²) in [6.45, 7) is 0. The van der Waals surface area contributed by atoms with Gasteiger partial charge in [-0.25, -0.2) is 9.96 Å². The third-order valence-electron chi connectivity index (χ3n) is 5.82. The molecular formula is C24H18Br2N2O5. The van der Waals surface area contributed by atoms with Crippen LogP contribution in [0.5, 0.6) is 11.5 Å². The molecule has 3 atom stereocenters. The molecule has 2 fully saturated rings. The molecule has 2 saturated heterocycles. The van der Waals surface area contributed by atoms with E-state index >= 15 is 0 Å². The van der Waals surface area contributed by atoms with Crippen molar-refractivity contribution in [2.45, 2.75) is 12.1 Å². The van der Waals surface area contributed by atoms with Gasteiger partial charge in [-0.15, -0.1) is 0 Å². The van der Waals surface area contributed by atoms with Gasteiger partial charge in [0.15, 0.2) is 17.6 Å². The lowest BCUT2D eigenvalue weighted by Gasteiger charge is -2.29. The Morgan fingerprint density at radius 1 is 0.939 bits per heavy atom. The van der Waals surface area contributed by atoms with Crippen molar-refractivity contribution < 1.29 is 24.3 Å². The monoisotopic (exact) mass is 572 g/mol. The third-order valence-corrected chi connectivity index (χ3v) is 6.96. The Balaban J connectivity index is 1.62. The fourth-order valence-electron chi connectivity index (χ4n) is 4.32. The molecule has 3 aromatic rings. The number of carbonyl (C=O) groups excluding carboxylic acids is 2. The highest BCUT2D eigenvalue weighted by molar-refractivity contribution is 9.10. The molecule has 2 amide bonds. The first kappa shape index (κ1) is 21.9. The van der Waals surface area contributed by atoms with E-state index in [0.29, 0.717) is 21.4 Å². The Morgan fingerprint density at radius 3 is 2.30 bits per heavy atom. The first-order chi connectivity index (χ1) is 15.9. The number of hydrogen-bond acceptors (Lipinski definition) is 6. The number of fused-ring (bicyclic) bond motifs is 1. The first-order valence-electron chi connectivity index (χ1n) is 10.1. The summed E-state index contributed by atoms with van der Waals surface area (Å²) < 4.78 is 6.58. The number of amides is 2. The molecule has 1 N–H and O–H groups in total. The predicted molar refractivity (Wildman–Crippen MR) is 129 cm³/mol. The predicted octanol–water partition coefficient (Wildman–Crippen LogP) is 4.98. The van der Waals surface area contributed by atoms with Crippen molar-refractivity contribution in [3.8, 4) is 11.5 Å². The smallest absolute Gasteiger partial charge is 0.266 e. The van der Waals surface area contributed by atoms with Crippen molar-refractivity contribution in [2.24, 2.45) is 5.92 Å². The fourth-order valence-corrected chi connectivity index (χ4v) is 5.04. The zero-order valence-corrected chi connectivity index (χ0v) is 20.5. The highest BCUT2D eigenvalue weighted by Crippen LogP contribution is 2.49. The van der Waals surface area contributed by atoms with E-state index in [2.05, 4.69) is 31.9 Å². The van der Waals surface area contributed by atoms with Gasteiger partial charge in [0, 0.05) is 4.47 Å². The number of phenols is 1. The number of hydrogen-bond donors (Lipinski definition) is 1. The van der Waals surface area contributed by atoms with Crippen LogP contribution in [0.4, 0.5) is 11.4 Å². The molecule has 33 heavy (non-hydrogen) atoms. The Kier molecular flexibility index (Phi) is 5.64. The van der Waals surface area contributed by atoms with Gasteiger partial charge in [0.05, 0.1) is 29.0 Å². The van der Waals surface area contributed by atoms with Gasteiger partial charge >= 0.3 is 0 Å². The van der Waals surface area contributed by atoms with Crippen LogP contribution in [0.1, 0.15) is 11.6 Å². The summed E-state index contributed by atoms with van der Waals surface area (Å²) in [6.07, 6.45) is -0.982. The second kappa shape index (κ2) is 8.48. The number of nitrogens with zero attached hydrogens (tertiary/aromatic N) is 2. The molecule has 0 spiro atoms. The molecule has 0 saturated carbocycles. The van der Waals surface area contributed by atoms with Gasteiger partial charge in [0.1, 0.15) is 5.92 Å². The van der Waals surface area contributed by atoms with Gasteiger partial charge in [0.25, 0.3) is 5.91 Å². The van der Waals surface area contributed by atoms with Crippen LogP contribution in [0, 0.1) is 5.92 Å². The lowest BCUT2D eigenvalue weighted by Crippen LogP contribution is -2.37. The number of ether oxygens (including phenoxy) is 1. The number of carbonyl (C=O) groups is 2. The minimum atomic E-state index is -0.982. The number of anilines is 2. The summed E-state index contributed by atoms with van der Waals surface area (Å²) in [7, 11) is 1.45. The summed E-state index contributed by atoms with van der Waals surface area (Å²) in [4.78, 5) is 34.3. The maximum atomic E-state index is 13.6. The van der Waals surface area contributed by atoms with Crippen LogP contribution < -0.4 is 14.7 Å².